The summed E-state index contributed by atoms with van der Waals surface area (Å²) in [6.45, 7) is 10.2. The predicted molar refractivity (Wildman–Crippen MR) is 94.5 cm³/mol. The molecule has 120 valence electrons. The van der Waals surface area contributed by atoms with E-state index in [9.17, 15) is 0 Å². The van der Waals surface area contributed by atoms with Gasteiger partial charge in [0, 0.05) is 17.2 Å². The lowest BCUT2D eigenvalue weighted by molar-refractivity contribution is 0.00578. The van der Waals surface area contributed by atoms with Crippen LogP contribution < -0.4 is 11.2 Å². The van der Waals surface area contributed by atoms with Crippen molar-refractivity contribution in [1.29, 1.82) is 0 Å². The molecular formula is C18H23BN2O2. The summed E-state index contributed by atoms with van der Waals surface area (Å²) in [4.78, 5) is 4.35. The van der Waals surface area contributed by atoms with Crippen molar-refractivity contribution in [1.82, 2.24) is 4.98 Å². The lowest BCUT2D eigenvalue weighted by atomic mass is 9.79. The Morgan fingerprint density at radius 3 is 2.22 bits per heavy atom. The minimum atomic E-state index is -0.434. The van der Waals surface area contributed by atoms with E-state index in [0.717, 1.165) is 22.2 Å². The second-order valence-electron chi connectivity index (χ2n) is 7.10. The zero-order valence-corrected chi connectivity index (χ0v) is 14.4. The number of nitrogens with zero attached hydrogens (tertiary/aromatic N) is 1. The van der Waals surface area contributed by atoms with E-state index in [0.29, 0.717) is 5.82 Å². The number of hydrogen-bond donors (Lipinski definition) is 1. The lowest BCUT2D eigenvalue weighted by Gasteiger charge is -2.32. The van der Waals surface area contributed by atoms with Gasteiger partial charge in [0.1, 0.15) is 5.82 Å². The van der Waals surface area contributed by atoms with E-state index in [1.807, 2.05) is 45.9 Å². The monoisotopic (exact) mass is 310 g/mol. The smallest absolute Gasteiger partial charge is 0.399 e. The number of aromatic nitrogens is 1. The van der Waals surface area contributed by atoms with Crippen molar-refractivity contribution in [2.45, 2.75) is 45.8 Å². The molecular weight excluding hydrogens is 287 g/mol. The molecule has 1 aromatic heterocycles. The van der Waals surface area contributed by atoms with Gasteiger partial charge >= 0.3 is 7.12 Å². The van der Waals surface area contributed by atoms with Crippen LogP contribution in [0.5, 0.6) is 0 Å². The molecule has 5 heteroatoms. The van der Waals surface area contributed by atoms with Gasteiger partial charge in [-0.25, -0.2) is 4.98 Å². The Bertz CT molecular complexity index is 728. The highest BCUT2D eigenvalue weighted by Crippen LogP contribution is 2.37. The molecule has 0 amide bonds. The fraction of sp³-hybridized carbons (Fsp3) is 0.389. The molecule has 1 fully saturated rings. The van der Waals surface area contributed by atoms with Crippen LogP contribution >= 0.6 is 0 Å². The Hall–Kier alpha value is -1.85. The summed E-state index contributed by atoms with van der Waals surface area (Å²) in [7, 11) is -0.434. The molecule has 2 N–H and O–H groups in total. The molecule has 0 radical (unpaired) electrons. The van der Waals surface area contributed by atoms with Gasteiger partial charge in [-0.15, -0.1) is 0 Å². The first-order valence-electron chi connectivity index (χ1n) is 7.88. The van der Waals surface area contributed by atoms with Gasteiger partial charge in [0.25, 0.3) is 0 Å². The first kappa shape index (κ1) is 16.0. The first-order chi connectivity index (χ1) is 10.7. The van der Waals surface area contributed by atoms with Crippen LogP contribution in [-0.2, 0) is 9.31 Å². The number of nitrogen functional groups attached to an aromatic ring is 1. The van der Waals surface area contributed by atoms with Crippen molar-refractivity contribution in [3.05, 3.63) is 42.1 Å². The van der Waals surface area contributed by atoms with Gasteiger partial charge in [0.2, 0.25) is 0 Å². The highest BCUT2D eigenvalue weighted by atomic mass is 16.7. The van der Waals surface area contributed by atoms with Crippen LogP contribution in [0.15, 0.2) is 36.5 Å². The van der Waals surface area contributed by atoms with Crippen molar-refractivity contribution in [3.8, 4) is 11.1 Å². The van der Waals surface area contributed by atoms with E-state index in [1.54, 1.807) is 6.20 Å². The third-order valence-electron chi connectivity index (χ3n) is 4.90. The van der Waals surface area contributed by atoms with Crippen LogP contribution in [0.1, 0.15) is 33.3 Å². The van der Waals surface area contributed by atoms with Crippen molar-refractivity contribution in [2.24, 2.45) is 0 Å². The Morgan fingerprint density at radius 1 is 1.00 bits per heavy atom. The summed E-state index contributed by atoms with van der Waals surface area (Å²) in [5.41, 5.74) is 9.39. The molecule has 0 unspecified atom stereocenters. The van der Waals surface area contributed by atoms with Gasteiger partial charge in [-0.1, -0.05) is 24.3 Å². The van der Waals surface area contributed by atoms with Crippen LogP contribution in [0.4, 0.5) is 5.82 Å². The molecule has 2 heterocycles. The van der Waals surface area contributed by atoms with Gasteiger partial charge in [-0.2, -0.15) is 0 Å². The van der Waals surface area contributed by atoms with Crippen LogP contribution in [-0.4, -0.2) is 23.3 Å². The van der Waals surface area contributed by atoms with Crippen molar-refractivity contribution in [2.75, 3.05) is 5.73 Å². The largest absolute Gasteiger partial charge is 0.496 e. The number of nitrogens with two attached hydrogens (primary N) is 1. The van der Waals surface area contributed by atoms with Gasteiger partial charge in [-0.3, -0.25) is 0 Å². The third-order valence-corrected chi connectivity index (χ3v) is 4.90. The van der Waals surface area contributed by atoms with E-state index in [2.05, 4.69) is 24.0 Å². The van der Waals surface area contributed by atoms with Crippen LogP contribution in [0.2, 0.25) is 0 Å². The molecule has 1 aliphatic heterocycles. The number of pyridine rings is 1. The van der Waals surface area contributed by atoms with Crippen LogP contribution in [0.3, 0.4) is 0 Å². The average molecular weight is 310 g/mol. The molecule has 1 aromatic carbocycles. The minimum absolute atomic E-state index is 0.373. The maximum Gasteiger partial charge on any atom is 0.496 e. The molecule has 4 nitrogen and oxygen atoms in total. The van der Waals surface area contributed by atoms with Crippen LogP contribution in [0, 0.1) is 6.92 Å². The lowest BCUT2D eigenvalue weighted by Crippen LogP contribution is -2.41. The highest BCUT2D eigenvalue weighted by Gasteiger charge is 2.51. The summed E-state index contributed by atoms with van der Waals surface area (Å²) >= 11 is 0. The molecule has 23 heavy (non-hydrogen) atoms. The maximum atomic E-state index is 6.11. The second kappa shape index (κ2) is 5.36. The van der Waals surface area contributed by atoms with E-state index in [1.165, 1.54) is 0 Å². The van der Waals surface area contributed by atoms with E-state index < -0.39 is 7.12 Å². The SMILES string of the molecule is Cc1ccccc1-c1cc(B2OC(C)(C)C(C)(C)O2)cnc1N. The normalized spacial score (nSPS) is 19.1. The molecule has 0 atom stereocenters. The molecule has 0 spiro atoms. The number of rotatable bonds is 2. The standard InChI is InChI=1S/C18H23BN2O2/c1-12-8-6-7-9-14(12)15-10-13(11-21-16(15)20)19-22-17(2,3)18(4,5)23-19/h6-11H,1-5H3,(H2,20,21). The summed E-state index contributed by atoms with van der Waals surface area (Å²) in [6, 6.07) is 10.2. The Morgan fingerprint density at radius 2 is 1.61 bits per heavy atom. The summed E-state index contributed by atoms with van der Waals surface area (Å²) in [6.07, 6.45) is 1.74. The first-order valence-corrected chi connectivity index (χ1v) is 7.88. The molecule has 1 aliphatic rings. The third kappa shape index (κ3) is 2.75. The average Bonchev–Trinajstić information content (AvgIpc) is 2.69. The van der Waals surface area contributed by atoms with E-state index in [4.69, 9.17) is 15.0 Å². The summed E-state index contributed by atoms with van der Waals surface area (Å²) in [5.74, 6) is 0.513. The molecule has 3 rings (SSSR count). The second-order valence-corrected chi connectivity index (χ2v) is 7.10. The van der Waals surface area contributed by atoms with Crippen LogP contribution in [0.25, 0.3) is 11.1 Å². The number of hydrogen-bond acceptors (Lipinski definition) is 4. The van der Waals surface area contributed by atoms with Gasteiger partial charge in [0.15, 0.2) is 0 Å². The van der Waals surface area contributed by atoms with Gasteiger partial charge in [0.05, 0.1) is 11.2 Å². The van der Waals surface area contributed by atoms with Crippen molar-refractivity contribution in [3.63, 3.8) is 0 Å². The molecule has 1 saturated heterocycles. The van der Waals surface area contributed by atoms with E-state index >= 15 is 0 Å². The fourth-order valence-corrected chi connectivity index (χ4v) is 2.69. The molecule has 0 aliphatic carbocycles. The fourth-order valence-electron chi connectivity index (χ4n) is 2.69. The number of benzene rings is 1. The maximum absolute atomic E-state index is 6.11. The number of aryl methyl sites for hydroxylation is 1. The quantitative estimate of drug-likeness (QED) is 0.867. The van der Waals surface area contributed by atoms with Gasteiger partial charge in [-0.05, 0) is 51.8 Å². The van der Waals surface area contributed by atoms with Crippen molar-refractivity contribution >= 4 is 18.4 Å². The van der Waals surface area contributed by atoms with Gasteiger partial charge < -0.3 is 15.0 Å². The Balaban J connectivity index is 2.01. The van der Waals surface area contributed by atoms with E-state index in [-0.39, 0.29) is 11.2 Å². The number of anilines is 1. The molecule has 2 aromatic rings. The summed E-state index contributed by atoms with van der Waals surface area (Å²) in [5, 5.41) is 0. The minimum Gasteiger partial charge on any atom is -0.399 e. The topological polar surface area (TPSA) is 57.4 Å². The zero-order valence-electron chi connectivity index (χ0n) is 14.4. The Kier molecular flexibility index (Phi) is 3.73. The zero-order chi connectivity index (χ0) is 16.8. The predicted octanol–water partition coefficient (Wildman–Crippen LogP) is 2.94. The molecule has 0 bridgehead atoms. The Labute approximate surface area is 138 Å². The summed E-state index contributed by atoms with van der Waals surface area (Å²) < 4.78 is 12.2. The molecule has 0 saturated carbocycles. The highest BCUT2D eigenvalue weighted by molar-refractivity contribution is 6.62. The van der Waals surface area contributed by atoms with Crippen molar-refractivity contribution < 1.29 is 9.31 Å².